The number of rotatable bonds is 6. The Balaban J connectivity index is 1.73. The van der Waals surface area contributed by atoms with Gasteiger partial charge in [-0.2, -0.15) is 0 Å². The zero-order valence-corrected chi connectivity index (χ0v) is 12.8. The number of nitrogens with zero attached hydrogens (tertiary/aromatic N) is 2. The second-order valence-corrected chi connectivity index (χ2v) is 6.45. The Morgan fingerprint density at radius 3 is 2.86 bits per heavy atom. The molecular weight excluding hydrogens is 286 g/mol. The summed E-state index contributed by atoms with van der Waals surface area (Å²) in [7, 11) is 1.57. The van der Waals surface area contributed by atoms with Gasteiger partial charge in [-0.05, 0) is 30.5 Å². The molecule has 1 aliphatic carbocycles. The summed E-state index contributed by atoms with van der Waals surface area (Å²) in [5.74, 6) is 0.694. The highest BCUT2D eigenvalue weighted by atomic mass is 32.1. The van der Waals surface area contributed by atoms with Gasteiger partial charge < -0.3 is 15.6 Å². The van der Waals surface area contributed by atoms with Crippen molar-refractivity contribution in [2.75, 3.05) is 12.8 Å². The molecule has 1 aliphatic rings. The fraction of sp³-hybridized carbons (Fsp3) is 0.400. The van der Waals surface area contributed by atoms with E-state index >= 15 is 0 Å². The minimum absolute atomic E-state index is 0.175. The molecule has 1 fully saturated rings. The number of methoxy groups -OCH3 is 1. The standard InChI is InChI=1S/C15H19N3O2S/c1-20-14-6-10(2-5-13(14)19)8-18(11-3-4-11)9-12-7-17-15(16)21-12/h2,5-7,11,19H,3-4,8-9H2,1H3,(H2,16,17). The second-order valence-electron chi connectivity index (χ2n) is 5.31. The monoisotopic (exact) mass is 305 g/mol. The van der Waals surface area contributed by atoms with Crippen LogP contribution in [-0.2, 0) is 13.1 Å². The van der Waals surface area contributed by atoms with E-state index in [0.29, 0.717) is 16.9 Å². The van der Waals surface area contributed by atoms with Crippen molar-refractivity contribution in [1.82, 2.24) is 9.88 Å². The lowest BCUT2D eigenvalue weighted by Gasteiger charge is -2.21. The van der Waals surface area contributed by atoms with Gasteiger partial charge in [0.1, 0.15) is 0 Å². The highest BCUT2D eigenvalue weighted by molar-refractivity contribution is 7.15. The van der Waals surface area contributed by atoms with Crippen molar-refractivity contribution in [3.63, 3.8) is 0 Å². The van der Waals surface area contributed by atoms with E-state index in [1.54, 1.807) is 24.5 Å². The smallest absolute Gasteiger partial charge is 0.180 e. The van der Waals surface area contributed by atoms with Crippen molar-refractivity contribution in [3.05, 3.63) is 34.8 Å². The van der Waals surface area contributed by atoms with Crippen molar-refractivity contribution >= 4 is 16.5 Å². The third-order valence-corrected chi connectivity index (χ3v) is 4.43. The van der Waals surface area contributed by atoms with Gasteiger partial charge in [0.15, 0.2) is 16.6 Å². The van der Waals surface area contributed by atoms with E-state index in [4.69, 9.17) is 10.5 Å². The van der Waals surface area contributed by atoms with Gasteiger partial charge in [0.05, 0.1) is 7.11 Å². The van der Waals surface area contributed by atoms with Crippen LogP contribution >= 0.6 is 11.3 Å². The summed E-state index contributed by atoms with van der Waals surface area (Å²) in [4.78, 5) is 7.73. The van der Waals surface area contributed by atoms with Gasteiger partial charge >= 0.3 is 0 Å². The van der Waals surface area contributed by atoms with Gasteiger partial charge in [0.2, 0.25) is 0 Å². The molecule has 1 saturated carbocycles. The SMILES string of the molecule is COc1cc(CN(Cc2cnc(N)s2)C2CC2)ccc1O. The number of ether oxygens (including phenoxy) is 1. The Morgan fingerprint density at radius 2 is 2.24 bits per heavy atom. The highest BCUT2D eigenvalue weighted by Crippen LogP contribution is 2.33. The number of phenols is 1. The van der Waals surface area contributed by atoms with Crippen molar-refractivity contribution in [1.29, 1.82) is 0 Å². The maximum Gasteiger partial charge on any atom is 0.180 e. The molecule has 0 unspecified atom stereocenters. The largest absolute Gasteiger partial charge is 0.504 e. The van der Waals surface area contributed by atoms with Crippen LogP contribution in [0.5, 0.6) is 11.5 Å². The summed E-state index contributed by atoms with van der Waals surface area (Å²) in [5, 5.41) is 10.3. The first-order valence-electron chi connectivity index (χ1n) is 6.96. The number of aromatic nitrogens is 1. The Bertz CT molecular complexity index is 625. The molecule has 0 bridgehead atoms. The molecule has 0 aliphatic heterocycles. The molecular formula is C15H19N3O2S. The number of nitrogens with two attached hydrogens (primary N) is 1. The van der Waals surface area contributed by atoms with Crippen LogP contribution in [0.1, 0.15) is 23.3 Å². The molecule has 0 saturated heterocycles. The molecule has 2 aromatic rings. The number of anilines is 1. The van der Waals surface area contributed by atoms with Crippen LogP contribution in [0, 0.1) is 0 Å². The number of thiazole rings is 1. The van der Waals surface area contributed by atoms with Gasteiger partial charge in [-0.25, -0.2) is 4.98 Å². The van der Waals surface area contributed by atoms with Gasteiger partial charge in [0, 0.05) is 30.2 Å². The van der Waals surface area contributed by atoms with E-state index in [0.717, 1.165) is 18.7 Å². The van der Waals surface area contributed by atoms with Crippen LogP contribution in [0.2, 0.25) is 0 Å². The molecule has 1 heterocycles. The Labute approximate surface area is 128 Å². The molecule has 6 heteroatoms. The van der Waals surface area contributed by atoms with E-state index in [9.17, 15) is 5.11 Å². The quantitative estimate of drug-likeness (QED) is 0.858. The first-order valence-corrected chi connectivity index (χ1v) is 7.77. The fourth-order valence-electron chi connectivity index (χ4n) is 2.40. The van der Waals surface area contributed by atoms with E-state index < -0.39 is 0 Å². The zero-order valence-electron chi connectivity index (χ0n) is 12.0. The predicted molar refractivity (Wildman–Crippen MR) is 83.5 cm³/mol. The van der Waals surface area contributed by atoms with Crippen LogP contribution in [0.15, 0.2) is 24.4 Å². The topological polar surface area (TPSA) is 71.6 Å². The summed E-state index contributed by atoms with van der Waals surface area (Å²) < 4.78 is 5.17. The van der Waals surface area contributed by atoms with Crippen LogP contribution < -0.4 is 10.5 Å². The Hall–Kier alpha value is -1.79. The highest BCUT2D eigenvalue weighted by Gasteiger charge is 2.29. The lowest BCUT2D eigenvalue weighted by molar-refractivity contribution is 0.247. The number of phenolic OH excluding ortho intramolecular Hbond substituents is 1. The average molecular weight is 305 g/mol. The molecule has 0 radical (unpaired) electrons. The van der Waals surface area contributed by atoms with Crippen LogP contribution in [0.25, 0.3) is 0 Å². The van der Waals surface area contributed by atoms with Crippen molar-refractivity contribution < 1.29 is 9.84 Å². The molecule has 3 N–H and O–H groups in total. The fourth-order valence-corrected chi connectivity index (χ4v) is 3.11. The molecule has 0 amide bonds. The summed E-state index contributed by atoms with van der Waals surface area (Å²) in [6, 6.07) is 6.15. The number of benzene rings is 1. The summed E-state index contributed by atoms with van der Waals surface area (Å²) in [6.07, 6.45) is 4.33. The number of hydrogen-bond acceptors (Lipinski definition) is 6. The van der Waals surface area contributed by atoms with Crippen molar-refractivity contribution in [3.8, 4) is 11.5 Å². The van der Waals surface area contributed by atoms with Crippen LogP contribution in [-0.4, -0.2) is 28.1 Å². The Kier molecular flexibility index (Phi) is 3.98. The van der Waals surface area contributed by atoms with E-state index in [1.165, 1.54) is 17.7 Å². The number of hydrogen-bond donors (Lipinski definition) is 2. The van der Waals surface area contributed by atoms with Crippen LogP contribution in [0.4, 0.5) is 5.13 Å². The van der Waals surface area contributed by atoms with Gasteiger partial charge in [-0.3, -0.25) is 4.90 Å². The third-order valence-electron chi connectivity index (χ3n) is 3.62. The normalized spacial score (nSPS) is 14.6. The average Bonchev–Trinajstić information content (AvgIpc) is 3.24. The lowest BCUT2D eigenvalue weighted by atomic mass is 10.2. The summed E-state index contributed by atoms with van der Waals surface area (Å²) in [6.45, 7) is 1.70. The van der Waals surface area contributed by atoms with Crippen molar-refractivity contribution in [2.45, 2.75) is 32.0 Å². The first-order chi connectivity index (χ1) is 10.2. The summed E-state index contributed by atoms with van der Waals surface area (Å²) in [5.41, 5.74) is 6.83. The first kappa shape index (κ1) is 14.2. The molecule has 5 nitrogen and oxygen atoms in total. The molecule has 0 atom stereocenters. The minimum atomic E-state index is 0.175. The van der Waals surface area contributed by atoms with Gasteiger partial charge in [-0.1, -0.05) is 6.07 Å². The predicted octanol–water partition coefficient (Wildman–Crippen LogP) is 2.60. The van der Waals surface area contributed by atoms with E-state index in [-0.39, 0.29) is 5.75 Å². The molecule has 0 spiro atoms. The van der Waals surface area contributed by atoms with Gasteiger partial charge in [0.25, 0.3) is 0 Å². The second kappa shape index (κ2) is 5.91. The lowest BCUT2D eigenvalue weighted by Crippen LogP contribution is -2.24. The Morgan fingerprint density at radius 1 is 1.43 bits per heavy atom. The number of aromatic hydroxyl groups is 1. The van der Waals surface area contributed by atoms with Crippen LogP contribution in [0.3, 0.4) is 0 Å². The van der Waals surface area contributed by atoms with E-state index in [1.807, 2.05) is 18.3 Å². The maximum atomic E-state index is 9.67. The van der Waals surface area contributed by atoms with Gasteiger partial charge in [-0.15, -0.1) is 11.3 Å². The maximum absolute atomic E-state index is 9.67. The molecule has 1 aromatic heterocycles. The van der Waals surface area contributed by atoms with E-state index in [2.05, 4.69) is 9.88 Å². The van der Waals surface area contributed by atoms with Crippen molar-refractivity contribution in [2.24, 2.45) is 0 Å². The summed E-state index contributed by atoms with van der Waals surface area (Å²) >= 11 is 1.54. The molecule has 112 valence electrons. The minimum Gasteiger partial charge on any atom is -0.504 e. The molecule has 21 heavy (non-hydrogen) atoms. The third kappa shape index (κ3) is 3.46. The zero-order chi connectivity index (χ0) is 14.8. The molecule has 1 aromatic carbocycles. The molecule has 3 rings (SSSR count). The number of nitrogen functional groups attached to an aromatic ring is 1.